The highest BCUT2D eigenvalue weighted by atomic mass is 16.5. The average Bonchev–Trinajstić information content (AvgIpc) is 3.07. The van der Waals surface area contributed by atoms with E-state index in [0.717, 1.165) is 22.8 Å². The van der Waals surface area contributed by atoms with E-state index >= 15 is 0 Å². The van der Waals surface area contributed by atoms with Gasteiger partial charge in [-0.25, -0.2) is 4.98 Å². The molecule has 1 amide bonds. The van der Waals surface area contributed by atoms with Gasteiger partial charge >= 0.3 is 0 Å². The molecule has 0 saturated carbocycles. The predicted octanol–water partition coefficient (Wildman–Crippen LogP) is 3.50. The second-order valence-corrected chi connectivity index (χ2v) is 5.88. The predicted molar refractivity (Wildman–Crippen MR) is 95.9 cm³/mol. The van der Waals surface area contributed by atoms with E-state index in [1.807, 2.05) is 55.5 Å². The van der Waals surface area contributed by atoms with Crippen LogP contribution in [0.25, 0.3) is 0 Å². The van der Waals surface area contributed by atoms with Gasteiger partial charge in [-0.15, -0.1) is 0 Å². The van der Waals surface area contributed by atoms with E-state index < -0.39 is 6.17 Å². The molecule has 2 N–H and O–H groups in total. The van der Waals surface area contributed by atoms with Crippen LogP contribution >= 0.6 is 0 Å². The number of anilines is 2. The highest BCUT2D eigenvalue weighted by Gasteiger charge is 2.35. The van der Waals surface area contributed by atoms with Crippen molar-refractivity contribution in [2.45, 2.75) is 13.1 Å². The van der Waals surface area contributed by atoms with Gasteiger partial charge in [0.1, 0.15) is 11.4 Å². The van der Waals surface area contributed by atoms with Crippen LogP contribution in [0.4, 0.5) is 11.4 Å². The number of imidazole rings is 1. The van der Waals surface area contributed by atoms with Gasteiger partial charge in [0.25, 0.3) is 5.91 Å². The van der Waals surface area contributed by atoms with Gasteiger partial charge in [-0.1, -0.05) is 18.2 Å². The third-order valence-corrected chi connectivity index (χ3v) is 4.39. The molecule has 1 aromatic heterocycles. The van der Waals surface area contributed by atoms with Crippen LogP contribution < -0.4 is 15.0 Å². The number of H-pyrrole nitrogens is 1. The van der Waals surface area contributed by atoms with E-state index in [4.69, 9.17) is 4.74 Å². The molecule has 2 heterocycles. The van der Waals surface area contributed by atoms with Crippen LogP contribution in [0.3, 0.4) is 0 Å². The number of ether oxygens (including phenoxy) is 1. The number of benzene rings is 2. The van der Waals surface area contributed by atoms with E-state index in [0.29, 0.717) is 11.3 Å². The molecule has 0 spiro atoms. The van der Waals surface area contributed by atoms with Crippen LogP contribution in [0.2, 0.25) is 0 Å². The minimum Gasteiger partial charge on any atom is -0.497 e. The van der Waals surface area contributed by atoms with Crippen LogP contribution in [-0.2, 0) is 0 Å². The zero-order valence-electron chi connectivity index (χ0n) is 14.0. The highest BCUT2D eigenvalue weighted by Crippen LogP contribution is 2.37. The molecule has 1 unspecified atom stereocenters. The molecular formula is C19H18N4O2. The van der Waals surface area contributed by atoms with Crippen LogP contribution in [0, 0.1) is 6.92 Å². The van der Waals surface area contributed by atoms with E-state index in [1.54, 1.807) is 18.3 Å². The minimum atomic E-state index is -0.402. The van der Waals surface area contributed by atoms with Crippen molar-refractivity contribution in [2.75, 3.05) is 17.3 Å². The van der Waals surface area contributed by atoms with Crippen LogP contribution in [-0.4, -0.2) is 23.0 Å². The fourth-order valence-electron chi connectivity index (χ4n) is 3.12. The number of aromatic amines is 1. The second kappa shape index (κ2) is 5.98. The summed E-state index contributed by atoms with van der Waals surface area (Å²) >= 11 is 0. The quantitative estimate of drug-likeness (QED) is 0.769. The average molecular weight is 334 g/mol. The maximum absolute atomic E-state index is 13.2. The molecule has 25 heavy (non-hydrogen) atoms. The summed E-state index contributed by atoms with van der Waals surface area (Å²) in [6.07, 6.45) is 1.24. The first-order valence-corrected chi connectivity index (χ1v) is 8.02. The van der Waals surface area contributed by atoms with E-state index in [1.165, 1.54) is 0 Å². The number of amides is 1. The Morgan fingerprint density at radius 3 is 2.76 bits per heavy atom. The summed E-state index contributed by atoms with van der Waals surface area (Å²) in [5, 5.41) is 3.44. The van der Waals surface area contributed by atoms with Gasteiger partial charge in [-0.05, 0) is 31.2 Å². The zero-order valence-corrected chi connectivity index (χ0v) is 14.0. The Balaban J connectivity index is 1.88. The lowest BCUT2D eigenvalue weighted by molar-refractivity contribution is 0.0974. The van der Waals surface area contributed by atoms with Crippen molar-refractivity contribution in [3.05, 3.63) is 71.8 Å². The number of hydrogen-bond acceptors (Lipinski definition) is 4. The molecule has 6 nitrogen and oxygen atoms in total. The van der Waals surface area contributed by atoms with Crippen molar-refractivity contribution in [1.82, 2.24) is 9.97 Å². The monoisotopic (exact) mass is 334 g/mol. The topological polar surface area (TPSA) is 70.2 Å². The Bertz CT molecular complexity index is 934. The summed E-state index contributed by atoms with van der Waals surface area (Å²) in [5.41, 5.74) is 3.89. The van der Waals surface area contributed by atoms with Gasteiger partial charge in [-0.3, -0.25) is 9.69 Å². The van der Waals surface area contributed by atoms with Gasteiger partial charge in [0.2, 0.25) is 0 Å². The SMILES string of the molecule is COc1cccc(N2C(=O)c3ccccc3NC2c2nc[nH]c2C)c1. The number of aromatic nitrogens is 2. The van der Waals surface area contributed by atoms with Gasteiger partial charge in [0.15, 0.2) is 6.17 Å². The van der Waals surface area contributed by atoms with E-state index in [9.17, 15) is 4.79 Å². The van der Waals surface area contributed by atoms with Crippen molar-refractivity contribution < 1.29 is 9.53 Å². The van der Waals surface area contributed by atoms with Gasteiger partial charge in [-0.2, -0.15) is 0 Å². The molecule has 3 aromatic rings. The maximum Gasteiger partial charge on any atom is 0.262 e. The Kier molecular flexibility index (Phi) is 3.65. The molecule has 1 atom stereocenters. The summed E-state index contributed by atoms with van der Waals surface area (Å²) in [6, 6.07) is 15.0. The third-order valence-electron chi connectivity index (χ3n) is 4.39. The normalized spacial score (nSPS) is 16.3. The molecule has 0 radical (unpaired) electrons. The van der Waals surface area contributed by atoms with Crippen LogP contribution in [0.1, 0.15) is 27.9 Å². The number of rotatable bonds is 3. The molecule has 1 aliphatic rings. The molecule has 2 aromatic carbocycles. The molecule has 0 saturated heterocycles. The fraction of sp³-hybridized carbons (Fsp3) is 0.158. The number of aryl methyl sites for hydroxylation is 1. The minimum absolute atomic E-state index is 0.0741. The first-order chi connectivity index (χ1) is 12.2. The smallest absolute Gasteiger partial charge is 0.262 e. The zero-order chi connectivity index (χ0) is 17.4. The highest BCUT2D eigenvalue weighted by molar-refractivity contribution is 6.12. The van der Waals surface area contributed by atoms with Crippen molar-refractivity contribution in [2.24, 2.45) is 0 Å². The molecule has 126 valence electrons. The van der Waals surface area contributed by atoms with Crippen LogP contribution in [0.15, 0.2) is 54.9 Å². The lowest BCUT2D eigenvalue weighted by Crippen LogP contribution is -2.43. The van der Waals surface area contributed by atoms with Gasteiger partial charge < -0.3 is 15.0 Å². The summed E-state index contributed by atoms with van der Waals surface area (Å²) < 4.78 is 5.32. The largest absolute Gasteiger partial charge is 0.497 e. The van der Waals surface area contributed by atoms with E-state index in [-0.39, 0.29) is 5.91 Å². The maximum atomic E-state index is 13.2. The van der Waals surface area contributed by atoms with E-state index in [2.05, 4.69) is 15.3 Å². The molecule has 0 fully saturated rings. The lowest BCUT2D eigenvalue weighted by Gasteiger charge is -2.37. The number of fused-ring (bicyclic) bond motifs is 1. The van der Waals surface area contributed by atoms with Gasteiger partial charge in [0.05, 0.1) is 24.7 Å². The standard InChI is InChI=1S/C19H18N4O2/c1-12-17(21-11-20-12)18-22-16-9-4-3-8-15(16)19(24)23(18)13-6-5-7-14(10-13)25-2/h3-11,18,22H,1-2H3,(H,20,21). The van der Waals surface area contributed by atoms with Crippen LogP contribution in [0.5, 0.6) is 5.75 Å². The molecular weight excluding hydrogens is 316 g/mol. The molecule has 0 aliphatic carbocycles. The number of nitrogens with zero attached hydrogens (tertiary/aromatic N) is 2. The summed E-state index contributed by atoms with van der Waals surface area (Å²) in [5.74, 6) is 0.622. The summed E-state index contributed by atoms with van der Waals surface area (Å²) in [7, 11) is 1.61. The number of carbonyl (C=O) groups is 1. The van der Waals surface area contributed by atoms with Crippen molar-refractivity contribution in [3.8, 4) is 5.75 Å². The number of carbonyl (C=O) groups excluding carboxylic acids is 1. The molecule has 4 rings (SSSR count). The van der Waals surface area contributed by atoms with Gasteiger partial charge in [0, 0.05) is 17.4 Å². The third kappa shape index (κ3) is 2.52. The molecule has 6 heteroatoms. The first kappa shape index (κ1) is 15.3. The fourth-order valence-corrected chi connectivity index (χ4v) is 3.12. The van der Waals surface area contributed by atoms with Crippen molar-refractivity contribution in [3.63, 3.8) is 0 Å². The lowest BCUT2D eigenvalue weighted by atomic mass is 10.0. The molecule has 0 bridgehead atoms. The number of methoxy groups -OCH3 is 1. The first-order valence-electron chi connectivity index (χ1n) is 8.02. The Morgan fingerprint density at radius 1 is 1.16 bits per heavy atom. The van der Waals surface area contributed by atoms with Crippen molar-refractivity contribution in [1.29, 1.82) is 0 Å². The summed E-state index contributed by atoms with van der Waals surface area (Å²) in [4.78, 5) is 22.5. The summed E-state index contributed by atoms with van der Waals surface area (Å²) in [6.45, 7) is 1.94. The van der Waals surface area contributed by atoms with Crippen molar-refractivity contribution >= 4 is 17.3 Å². The second-order valence-electron chi connectivity index (χ2n) is 5.88. The number of para-hydroxylation sites is 1. The number of hydrogen-bond donors (Lipinski definition) is 2. The Morgan fingerprint density at radius 2 is 2.00 bits per heavy atom. The molecule has 1 aliphatic heterocycles. The number of nitrogens with one attached hydrogen (secondary N) is 2. The Labute approximate surface area is 145 Å². The Hall–Kier alpha value is -3.28.